The molecule has 1 saturated heterocycles. The molecule has 1 atom stereocenters. The van der Waals surface area contributed by atoms with Gasteiger partial charge in [-0.25, -0.2) is 9.78 Å². The van der Waals surface area contributed by atoms with Gasteiger partial charge in [0.25, 0.3) is 0 Å². The summed E-state index contributed by atoms with van der Waals surface area (Å²) < 4.78 is 0. The van der Waals surface area contributed by atoms with Gasteiger partial charge in [-0.05, 0) is 19.3 Å². The molecule has 104 valence electrons. The SMILES string of the molecule is Nc1ncc(CN2CCC(NC(=O)NC3CC3)C2)s1. The van der Waals surface area contributed by atoms with E-state index >= 15 is 0 Å². The Morgan fingerprint density at radius 2 is 2.21 bits per heavy atom. The zero-order chi connectivity index (χ0) is 13.2. The fourth-order valence-corrected chi connectivity index (χ4v) is 3.08. The van der Waals surface area contributed by atoms with E-state index in [1.165, 1.54) is 16.2 Å². The number of hydrogen-bond acceptors (Lipinski definition) is 5. The number of thiazole rings is 1. The zero-order valence-corrected chi connectivity index (χ0v) is 11.6. The molecule has 19 heavy (non-hydrogen) atoms. The summed E-state index contributed by atoms with van der Waals surface area (Å²) in [5, 5.41) is 6.62. The van der Waals surface area contributed by atoms with Crippen molar-refractivity contribution in [1.82, 2.24) is 20.5 Å². The van der Waals surface area contributed by atoms with Crippen LogP contribution in [0.4, 0.5) is 9.93 Å². The molecule has 2 fully saturated rings. The maximum absolute atomic E-state index is 11.7. The summed E-state index contributed by atoms with van der Waals surface area (Å²) in [6.45, 7) is 2.78. The fraction of sp³-hybridized carbons (Fsp3) is 0.667. The number of nitrogen functional groups attached to an aromatic ring is 1. The molecule has 0 spiro atoms. The molecule has 1 aromatic heterocycles. The van der Waals surface area contributed by atoms with E-state index in [1.807, 2.05) is 6.20 Å². The van der Waals surface area contributed by atoms with Gasteiger partial charge in [-0.15, -0.1) is 11.3 Å². The average Bonchev–Trinajstić information content (AvgIpc) is 2.90. The number of rotatable bonds is 4. The van der Waals surface area contributed by atoms with Gasteiger partial charge in [0.1, 0.15) is 0 Å². The third kappa shape index (κ3) is 3.57. The number of carbonyl (C=O) groups is 1. The first-order valence-corrected chi connectivity index (χ1v) is 7.50. The first-order valence-electron chi connectivity index (χ1n) is 6.68. The Kier molecular flexibility index (Phi) is 3.56. The Morgan fingerprint density at radius 1 is 1.42 bits per heavy atom. The minimum absolute atomic E-state index is 0.0172. The lowest BCUT2D eigenvalue weighted by molar-refractivity contribution is 0.235. The lowest BCUT2D eigenvalue weighted by Gasteiger charge is -2.16. The molecule has 6 nitrogen and oxygen atoms in total. The second-order valence-electron chi connectivity index (χ2n) is 5.28. The number of urea groups is 1. The van der Waals surface area contributed by atoms with E-state index in [-0.39, 0.29) is 12.1 Å². The number of carbonyl (C=O) groups excluding carboxylic acids is 1. The van der Waals surface area contributed by atoms with E-state index in [2.05, 4.69) is 20.5 Å². The van der Waals surface area contributed by atoms with E-state index < -0.39 is 0 Å². The summed E-state index contributed by atoms with van der Waals surface area (Å²) in [6, 6.07) is 0.651. The molecule has 3 rings (SSSR count). The summed E-state index contributed by atoms with van der Waals surface area (Å²) in [5.74, 6) is 0. The quantitative estimate of drug-likeness (QED) is 0.761. The average molecular weight is 281 g/mol. The summed E-state index contributed by atoms with van der Waals surface area (Å²) in [7, 11) is 0. The number of hydrogen-bond donors (Lipinski definition) is 3. The van der Waals surface area contributed by atoms with Crippen LogP contribution in [-0.4, -0.2) is 41.1 Å². The summed E-state index contributed by atoms with van der Waals surface area (Å²) in [6.07, 6.45) is 5.08. The van der Waals surface area contributed by atoms with E-state index in [0.717, 1.165) is 38.9 Å². The van der Waals surface area contributed by atoms with Gasteiger partial charge in [-0.1, -0.05) is 0 Å². The van der Waals surface area contributed by atoms with Crippen LogP contribution in [0.25, 0.3) is 0 Å². The number of amides is 2. The van der Waals surface area contributed by atoms with Crippen LogP contribution in [0.15, 0.2) is 6.20 Å². The Bertz CT molecular complexity index is 459. The van der Waals surface area contributed by atoms with Crippen molar-refractivity contribution in [3.05, 3.63) is 11.1 Å². The van der Waals surface area contributed by atoms with Crippen LogP contribution >= 0.6 is 11.3 Å². The summed E-state index contributed by atoms with van der Waals surface area (Å²) in [4.78, 5) is 19.2. The maximum atomic E-state index is 11.7. The van der Waals surface area contributed by atoms with Crippen molar-refractivity contribution in [2.24, 2.45) is 0 Å². The van der Waals surface area contributed by atoms with Crippen molar-refractivity contribution in [1.29, 1.82) is 0 Å². The first kappa shape index (κ1) is 12.7. The number of nitrogens with two attached hydrogens (primary N) is 1. The van der Waals surface area contributed by atoms with Gasteiger partial charge >= 0.3 is 6.03 Å². The number of aromatic nitrogens is 1. The molecule has 1 aliphatic carbocycles. The topological polar surface area (TPSA) is 83.3 Å². The van der Waals surface area contributed by atoms with Gasteiger partial charge in [0.15, 0.2) is 5.13 Å². The number of nitrogens with zero attached hydrogens (tertiary/aromatic N) is 2. The van der Waals surface area contributed by atoms with Gasteiger partial charge in [-0.2, -0.15) is 0 Å². The molecule has 1 unspecified atom stereocenters. The smallest absolute Gasteiger partial charge is 0.315 e. The minimum atomic E-state index is -0.0172. The fourth-order valence-electron chi connectivity index (χ4n) is 2.35. The minimum Gasteiger partial charge on any atom is -0.375 e. The van der Waals surface area contributed by atoms with Crippen molar-refractivity contribution >= 4 is 22.5 Å². The third-order valence-electron chi connectivity index (χ3n) is 3.47. The molecule has 0 bridgehead atoms. The van der Waals surface area contributed by atoms with Crippen LogP contribution in [0.2, 0.25) is 0 Å². The molecule has 7 heteroatoms. The molecule has 1 aliphatic heterocycles. The van der Waals surface area contributed by atoms with Crippen molar-refractivity contribution in [2.75, 3.05) is 18.8 Å². The second-order valence-corrected chi connectivity index (χ2v) is 6.42. The highest BCUT2D eigenvalue weighted by molar-refractivity contribution is 7.15. The van der Waals surface area contributed by atoms with Crippen LogP contribution in [0.5, 0.6) is 0 Å². The van der Waals surface area contributed by atoms with Gasteiger partial charge in [-0.3, -0.25) is 4.90 Å². The number of likely N-dealkylation sites (tertiary alicyclic amines) is 1. The predicted molar refractivity (Wildman–Crippen MR) is 74.9 cm³/mol. The van der Waals surface area contributed by atoms with Crippen LogP contribution in [0, 0.1) is 0 Å². The molecule has 1 saturated carbocycles. The van der Waals surface area contributed by atoms with Crippen molar-refractivity contribution in [2.45, 2.75) is 37.9 Å². The maximum Gasteiger partial charge on any atom is 0.315 e. The molecule has 0 aromatic carbocycles. The summed E-state index contributed by atoms with van der Waals surface area (Å²) >= 11 is 1.53. The van der Waals surface area contributed by atoms with Crippen molar-refractivity contribution < 1.29 is 4.79 Å². The highest BCUT2D eigenvalue weighted by Crippen LogP contribution is 2.20. The zero-order valence-electron chi connectivity index (χ0n) is 10.8. The molecule has 1 aromatic rings. The Hall–Kier alpha value is -1.34. The van der Waals surface area contributed by atoms with Gasteiger partial charge in [0.05, 0.1) is 0 Å². The van der Waals surface area contributed by atoms with Crippen LogP contribution in [-0.2, 0) is 6.54 Å². The van der Waals surface area contributed by atoms with Gasteiger partial charge in [0.2, 0.25) is 0 Å². The van der Waals surface area contributed by atoms with Gasteiger partial charge < -0.3 is 16.4 Å². The monoisotopic (exact) mass is 281 g/mol. The summed E-state index contributed by atoms with van der Waals surface area (Å²) in [5.41, 5.74) is 5.62. The molecule has 2 aliphatic rings. The first-order chi connectivity index (χ1) is 9.19. The highest BCUT2D eigenvalue weighted by atomic mass is 32.1. The molecular formula is C12H19N5OS. The standard InChI is InChI=1S/C12H19N5OS/c13-11-14-5-10(19-11)7-17-4-3-9(6-17)16-12(18)15-8-1-2-8/h5,8-9H,1-4,6-7H2,(H2,13,14)(H2,15,16,18). The van der Waals surface area contributed by atoms with Crippen LogP contribution < -0.4 is 16.4 Å². The van der Waals surface area contributed by atoms with Crippen molar-refractivity contribution in [3.8, 4) is 0 Å². The van der Waals surface area contributed by atoms with Crippen molar-refractivity contribution in [3.63, 3.8) is 0 Å². The van der Waals surface area contributed by atoms with E-state index in [0.29, 0.717) is 11.2 Å². The van der Waals surface area contributed by atoms with Crippen LogP contribution in [0.1, 0.15) is 24.1 Å². The molecule has 2 amide bonds. The Morgan fingerprint density at radius 3 is 2.89 bits per heavy atom. The molecule has 2 heterocycles. The van der Waals surface area contributed by atoms with E-state index in [1.54, 1.807) is 0 Å². The molecule has 0 radical (unpaired) electrons. The highest BCUT2D eigenvalue weighted by Gasteiger charge is 2.27. The van der Waals surface area contributed by atoms with Gasteiger partial charge in [0, 0.05) is 42.8 Å². The normalized spacial score (nSPS) is 23.5. The Balaban J connectivity index is 1.43. The lowest BCUT2D eigenvalue weighted by atomic mass is 10.3. The lowest BCUT2D eigenvalue weighted by Crippen LogP contribution is -2.44. The second kappa shape index (κ2) is 5.34. The molecular weight excluding hydrogens is 262 g/mol. The predicted octanol–water partition coefficient (Wildman–Crippen LogP) is 0.761. The third-order valence-corrected chi connectivity index (χ3v) is 4.28. The Labute approximate surface area is 116 Å². The van der Waals surface area contributed by atoms with Crippen LogP contribution in [0.3, 0.4) is 0 Å². The number of anilines is 1. The van der Waals surface area contributed by atoms with E-state index in [9.17, 15) is 4.79 Å². The number of nitrogens with one attached hydrogen (secondary N) is 2. The molecule has 4 N–H and O–H groups in total. The largest absolute Gasteiger partial charge is 0.375 e. The van der Waals surface area contributed by atoms with E-state index in [4.69, 9.17) is 5.73 Å².